The van der Waals surface area contributed by atoms with E-state index in [4.69, 9.17) is 5.73 Å². The lowest BCUT2D eigenvalue weighted by Gasteiger charge is -2.40. The number of piperidine rings is 1. The number of nitrogen functional groups attached to an aromatic ring is 1. The molecular formula is C18H20N4O2. The summed E-state index contributed by atoms with van der Waals surface area (Å²) in [5, 5.41) is 13.3. The molecule has 0 radical (unpaired) electrons. The molecule has 4 rings (SSSR count). The Hall–Kier alpha value is -2.60. The molecule has 2 aliphatic rings. The number of pyridine rings is 1. The highest BCUT2D eigenvalue weighted by atomic mass is 16.4. The van der Waals surface area contributed by atoms with Gasteiger partial charge in [0.1, 0.15) is 0 Å². The summed E-state index contributed by atoms with van der Waals surface area (Å²) in [5.41, 5.74) is 8.87. The van der Waals surface area contributed by atoms with Gasteiger partial charge in [0.15, 0.2) is 0 Å². The molecule has 1 fully saturated rings. The Morgan fingerprint density at radius 1 is 1.29 bits per heavy atom. The fourth-order valence-corrected chi connectivity index (χ4v) is 4.30. The number of anilines is 2. The fourth-order valence-electron chi connectivity index (χ4n) is 4.30. The Labute approximate surface area is 140 Å². The van der Waals surface area contributed by atoms with Crippen molar-refractivity contribution in [3.8, 4) is 0 Å². The van der Waals surface area contributed by atoms with Crippen molar-refractivity contribution in [3.63, 3.8) is 0 Å². The number of fused-ring (bicyclic) bond motifs is 2. The van der Waals surface area contributed by atoms with Crippen molar-refractivity contribution >= 4 is 17.5 Å². The fraction of sp³-hybridized carbons (Fsp3) is 0.333. The van der Waals surface area contributed by atoms with Crippen LogP contribution in [0, 0.1) is 0 Å². The molecule has 2 aliphatic heterocycles. The Bertz CT molecular complexity index is 786. The summed E-state index contributed by atoms with van der Waals surface area (Å²) in [4.78, 5) is 18.1. The molecule has 4 N–H and O–H groups in total. The lowest BCUT2D eigenvalue weighted by atomic mass is 9.69. The molecule has 0 bridgehead atoms. The van der Waals surface area contributed by atoms with E-state index in [1.54, 1.807) is 18.3 Å². The van der Waals surface area contributed by atoms with Crippen molar-refractivity contribution in [1.29, 1.82) is 0 Å². The number of aromatic nitrogens is 1. The van der Waals surface area contributed by atoms with Crippen molar-refractivity contribution in [2.45, 2.75) is 24.3 Å². The number of benzene rings is 1. The first kappa shape index (κ1) is 15.0. The monoisotopic (exact) mass is 324 g/mol. The van der Waals surface area contributed by atoms with Crippen LogP contribution in [0.1, 0.15) is 30.1 Å². The van der Waals surface area contributed by atoms with E-state index in [0.717, 1.165) is 42.9 Å². The molecule has 0 saturated carbocycles. The highest BCUT2D eigenvalue weighted by Gasteiger charge is 2.54. The molecule has 3 heterocycles. The third-order valence-electron chi connectivity index (χ3n) is 5.27. The minimum atomic E-state index is -0.952. The van der Waals surface area contributed by atoms with Crippen LogP contribution in [0.4, 0.5) is 16.2 Å². The third kappa shape index (κ3) is 2.06. The number of hydrogen-bond donors (Lipinski definition) is 3. The van der Waals surface area contributed by atoms with Crippen molar-refractivity contribution < 1.29 is 9.90 Å². The molecule has 1 aromatic carbocycles. The zero-order valence-electron chi connectivity index (χ0n) is 13.3. The van der Waals surface area contributed by atoms with Crippen LogP contribution in [0.15, 0.2) is 42.6 Å². The number of carbonyl (C=O) groups is 1. The molecule has 2 aromatic rings. The van der Waals surface area contributed by atoms with Gasteiger partial charge in [-0.1, -0.05) is 18.2 Å². The molecule has 124 valence electrons. The predicted molar refractivity (Wildman–Crippen MR) is 92.1 cm³/mol. The van der Waals surface area contributed by atoms with Crippen LogP contribution in [0.2, 0.25) is 0 Å². The molecule has 6 nitrogen and oxygen atoms in total. The summed E-state index contributed by atoms with van der Waals surface area (Å²) < 4.78 is 0. The molecule has 6 heteroatoms. The largest absolute Gasteiger partial charge is 0.465 e. The van der Waals surface area contributed by atoms with Crippen LogP contribution in [0.5, 0.6) is 0 Å². The minimum absolute atomic E-state index is 0.263. The second-order valence-corrected chi connectivity index (χ2v) is 6.49. The molecule has 1 spiro atoms. The van der Waals surface area contributed by atoms with Crippen LogP contribution < -0.4 is 16.0 Å². The molecule has 1 unspecified atom stereocenters. The summed E-state index contributed by atoms with van der Waals surface area (Å²) >= 11 is 0. The lowest BCUT2D eigenvalue weighted by Crippen LogP contribution is -2.46. The maximum Gasteiger partial charge on any atom is 0.412 e. The summed E-state index contributed by atoms with van der Waals surface area (Å²) in [5.74, 6) is 0. The van der Waals surface area contributed by atoms with Gasteiger partial charge in [0.05, 0.1) is 17.4 Å². The number of nitrogens with one attached hydrogen (secondary N) is 1. The molecular weight excluding hydrogens is 304 g/mol. The quantitative estimate of drug-likeness (QED) is 0.750. The standard InChI is InChI=1S/C18H20N4O2/c19-12-5-8-21-14(11-12)16-18(6-9-20-10-7-18)13-3-1-2-4-15(13)22(16)17(23)24/h1-5,8,11,16,20H,6-7,9-10H2,(H2,19,21)(H,23,24). The summed E-state index contributed by atoms with van der Waals surface area (Å²) in [6, 6.07) is 11.0. The van der Waals surface area contributed by atoms with E-state index in [1.165, 1.54) is 4.90 Å². The van der Waals surface area contributed by atoms with Gasteiger partial charge in [0.25, 0.3) is 0 Å². The topological polar surface area (TPSA) is 91.5 Å². The number of rotatable bonds is 1. The van der Waals surface area contributed by atoms with Crippen molar-refractivity contribution in [2.75, 3.05) is 23.7 Å². The normalized spacial score (nSPS) is 21.7. The second kappa shape index (κ2) is 5.49. The average molecular weight is 324 g/mol. The average Bonchev–Trinajstić information content (AvgIpc) is 2.86. The predicted octanol–water partition coefficient (Wildman–Crippen LogP) is 2.52. The van der Waals surface area contributed by atoms with Gasteiger partial charge in [0.2, 0.25) is 0 Å². The van der Waals surface area contributed by atoms with Gasteiger partial charge in [-0.2, -0.15) is 0 Å². The van der Waals surface area contributed by atoms with Gasteiger partial charge in [-0.15, -0.1) is 0 Å². The van der Waals surface area contributed by atoms with Crippen molar-refractivity contribution in [2.24, 2.45) is 0 Å². The number of nitrogens with zero attached hydrogens (tertiary/aromatic N) is 2. The van der Waals surface area contributed by atoms with Gasteiger partial charge in [0, 0.05) is 17.3 Å². The van der Waals surface area contributed by atoms with Crippen LogP contribution in [-0.4, -0.2) is 29.3 Å². The minimum Gasteiger partial charge on any atom is -0.465 e. The van der Waals surface area contributed by atoms with Crippen LogP contribution in [0.3, 0.4) is 0 Å². The third-order valence-corrected chi connectivity index (χ3v) is 5.27. The van der Waals surface area contributed by atoms with Gasteiger partial charge in [-0.05, 0) is 49.7 Å². The van der Waals surface area contributed by atoms with E-state index < -0.39 is 6.09 Å². The zero-order valence-corrected chi connectivity index (χ0v) is 13.3. The van der Waals surface area contributed by atoms with Crippen LogP contribution in [-0.2, 0) is 5.41 Å². The molecule has 1 saturated heterocycles. The highest BCUT2D eigenvalue weighted by molar-refractivity contribution is 5.91. The van der Waals surface area contributed by atoms with E-state index in [0.29, 0.717) is 5.69 Å². The Kier molecular flexibility index (Phi) is 3.42. The van der Waals surface area contributed by atoms with E-state index in [1.807, 2.05) is 18.2 Å². The highest BCUT2D eigenvalue weighted by Crippen LogP contribution is 2.56. The summed E-state index contributed by atoms with van der Waals surface area (Å²) in [6.07, 6.45) is 2.44. The van der Waals surface area contributed by atoms with Gasteiger partial charge in [-0.3, -0.25) is 9.88 Å². The van der Waals surface area contributed by atoms with Crippen LogP contribution >= 0.6 is 0 Å². The molecule has 24 heavy (non-hydrogen) atoms. The van der Waals surface area contributed by atoms with E-state index in [-0.39, 0.29) is 11.5 Å². The summed E-state index contributed by atoms with van der Waals surface area (Å²) in [6.45, 7) is 1.72. The first-order chi connectivity index (χ1) is 11.6. The molecule has 1 amide bonds. The lowest BCUT2D eigenvalue weighted by molar-refractivity contribution is 0.190. The number of para-hydroxylation sites is 1. The second-order valence-electron chi connectivity index (χ2n) is 6.49. The van der Waals surface area contributed by atoms with Gasteiger partial charge in [-0.25, -0.2) is 4.79 Å². The van der Waals surface area contributed by atoms with Crippen LogP contribution in [0.25, 0.3) is 0 Å². The van der Waals surface area contributed by atoms with Gasteiger partial charge < -0.3 is 16.2 Å². The number of nitrogens with two attached hydrogens (primary N) is 1. The number of hydrogen-bond acceptors (Lipinski definition) is 4. The van der Waals surface area contributed by atoms with Crippen molar-refractivity contribution in [3.05, 3.63) is 53.9 Å². The Morgan fingerprint density at radius 3 is 2.75 bits per heavy atom. The molecule has 1 aromatic heterocycles. The Balaban J connectivity index is 1.95. The summed E-state index contributed by atoms with van der Waals surface area (Å²) in [7, 11) is 0. The maximum absolute atomic E-state index is 12.1. The Morgan fingerprint density at radius 2 is 2.04 bits per heavy atom. The smallest absolute Gasteiger partial charge is 0.412 e. The maximum atomic E-state index is 12.1. The molecule has 1 atom stereocenters. The number of amides is 1. The van der Waals surface area contributed by atoms with Gasteiger partial charge >= 0.3 is 6.09 Å². The number of carboxylic acid groups (broad SMARTS) is 1. The van der Waals surface area contributed by atoms with E-state index in [2.05, 4.69) is 16.4 Å². The molecule has 0 aliphatic carbocycles. The SMILES string of the molecule is Nc1ccnc(C2N(C(=O)O)c3ccccc3C23CCNCC3)c1. The van der Waals surface area contributed by atoms with E-state index >= 15 is 0 Å². The van der Waals surface area contributed by atoms with Crippen molar-refractivity contribution in [1.82, 2.24) is 10.3 Å². The first-order valence-electron chi connectivity index (χ1n) is 8.17. The zero-order chi connectivity index (χ0) is 16.7. The van der Waals surface area contributed by atoms with E-state index in [9.17, 15) is 9.90 Å². The first-order valence-corrected chi connectivity index (χ1v) is 8.17.